The summed E-state index contributed by atoms with van der Waals surface area (Å²) >= 11 is 0. The van der Waals surface area contributed by atoms with Crippen molar-refractivity contribution in [3.8, 4) is 0 Å². The molecular formula is C22H26O8S2. The highest BCUT2D eigenvalue weighted by Gasteiger charge is 2.34. The first-order valence-corrected chi connectivity index (χ1v) is 12.8. The molecule has 2 aromatic rings. The quantitative estimate of drug-likeness (QED) is 0.397. The highest BCUT2D eigenvalue weighted by atomic mass is 32.2. The van der Waals surface area contributed by atoms with E-state index in [2.05, 4.69) is 0 Å². The molecule has 1 heterocycles. The topological polar surface area (TPSA) is 105 Å². The first kappa shape index (κ1) is 24.6. The van der Waals surface area contributed by atoms with Crippen LogP contribution < -0.4 is 0 Å². The molecule has 1 aliphatic rings. The van der Waals surface area contributed by atoms with E-state index in [0.717, 1.165) is 11.1 Å². The van der Waals surface area contributed by atoms with Gasteiger partial charge in [-0.2, -0.15) is 16.8 Å². The van der Waals surface area contributed by atoms with Crippen molar-refractivity contribution in [3.05, 3.63) is 71.8 Å². The average Bonchev–Trinajstić information content (AvgIpc) is 2.74. The van der Waals surface area contributed by atoms with Crippen molar-refractivity contribution in [3.63, 3.8) is 0 Å². The Bertz CT molecular complexity index is 1140. The second-order valence-electron chi connectivity index (χ2n) is 7.26. The first-order valence-electron chi connectivity index (χ1n) is 10.0. The molecule has 0 amide bonds. The molecule has 0 saturated heterocycles. The molecule has 0 saturated carbocycles. The van der Waals surface area contributed by atoms with Gasteiger partial charge >= 0.3 is 0 Å². The fraction of sp³-hybridized carbons (Fsp3) is 0.364. The molecule has 0 N–H and O–H groups in total. The lowest BCUT2D eigenvalue weighted by Crippen LogP contribution is -2.42. The number of hydrogen-bond acceptors (Lipinski definition) is 8. The summed E-state index contributed by atoms with van der Waals surface area (Å²) in [5.41, 5.74) is 1.80. The van der Waals surface area contributed by atoms with Crippen LogP contribution in [0.15, 0.2) is 70.5 Å². The molecule has 0 fully saturated rings. The minimum Gasteiger partial charge on any atom is -0.349 e. The summed E-state index contributed by atoms with van der Waals surface area (Å²) in [5, 5.41) is 0. The van der Waals surface area contributed by atoms with Gasteiger partial charge in [0.1, 0.15) is 12.2 Å². The zero-order chi connectivity index (χ0) is 23.4. The Balaban J connectivity index is 1.78. The van der Waals surface area contributed by atoms with Gasteiger partial charge in [0.2, 0.25) is 0 Å². The molecule has 174 valence electrons. The Morgan fingerprint density at radius 1 is 0.812 bits per heavy atom. The molecule has 0 radical (unpaired) electrons. The van der Waals surface area contributed by atoms with Crippen molar-refractivity contribution in [2.45, 2.75) is 49.1 Å². The molecule has 3 rings (SSSR count). The van der Waals surface area contributed by atoms with E-state index in [9.17, 15) is 16.8 Å². The van der Waals surface area contributed by atoms with E-state index in [0.29, 0.717) is 6.61 Å². The van der Waals surface area contributed by atoms with E-state index in [1.165, 1.54) is 36.4 Å². The Hall–Kier alpha value is -2.08. The summed E-state index contributed by atoms with van der Waals surface area (Å²) in [5.74, 6) is 0. The normalized spacial score (nSPS) is 21.5. The third-order valence-electron chi connectivity index (χ3n) is 4.71. The molecule has 2 aromatic carbocycles. The number of rotatable bonds is 9. The third kappa shape index (κ3) is 6.25. The zero-order valence-electron chi connectivity index (χ0n) is 18.0. The first-order chi connectivity index (χ1) is 15.1. The van der Waals surface area contributed by atoms with Gasteiger partial charge in [-0.3, -0.25) is 8.37 Å². The van der Waals surface area contributed by atoms with E-state index in [-0.39, 0.29) is 9.79 Å². The Kier molecular flexibility index (Phi) is 7.86. The zero-order valence-corrected chi connectivity index (χ0v) is 19.6. The van der Waals surface area contributed by atoms with Crippen LogP contribution in [0.3, 0.4) is 0 Å². The standard InChI is InChI=1S/C22H26O8S2/c1-4-27-22-14-13-20(30-32(25,26)19-11-7-17(3)8-12-19)21(29-22)15-28-31(23,24)18-9-5-16(2)6-10-18/h5-14,20-22H,4,15H2,1-3H3/t20-,21+,22-/m0/s1. The van der Waals surface area contributed by atoms with E-state index in [1.54, 1.807) is 31.2 Å². The molecule has 0 bridgehead atoms. The van der Waals surface area contributed by atoms with Crippen LogP contribution in [0.1, 0.15) is 18.1 Å². The molecule has 0 spiro atoms. The molecular weight excluding hydrogens is 456 g/mol. The van der Waals surface area contributed by atoms with Gasteiger partial charge in [-0.05, 0) is 51.1 Å². The molecule has 32 heavy (non-hydrogen) atoms. The Morgan fingerprint density at radius 2 is 1.34 bits per heavy atom. The van der Waals surface area contributed by atoms with E-state index in [1.807, 2.05) is 13.8 Å². The van der Waals surface area contributed by atoms with E-state index in [4.69, 9.17) is 17.8 Å². The van der Waals surface area contributed by atoms with Crippen LogP contribution in [-0.4, -0.2) is 48.5 Å². The number of aryl methyl sites for hydroxylation is 2. The number of benzene rings is 2. The van der Waals surface area contributed by atoms with Gasteiger partial charge in [0, 0.05) is 6.61 Å². The van der Waals surface area contributed by atoms with Gasteiger partial charge in [0.05, 0.1) is 16.4 Å². The summed E-state index contributed by atoms with van der Waals surface area (Å²) in [6.07, 6.45) is 0.0622. The fourth-order valence-corrected chi connectivity index (χ4v) is 4.92. The van der Waals surface area contributed by atoms with Crippen LogP contribution in [0.5, 0.6) is 0 Å². The van der Waals surface area contributed by atoms with Crippen LogP contribution in [0.2, 0.25) is 0 Å². The molecule has 1 aliphatic heterocycles. The average molecular weight is 483 g/mol. The van der Waals surface area contributed by atoms with Crippen LogP contribution >= 0.6 is 0 Å². The summed E-state index contributed by atoms with van der Waals surface area (Å²) in [6.45, 7) is 5.33. The molecule has 8 nitrogen and oxygen atoms in total. The van der Waals surface area contributed by atoms with Gasteiger partial charge in [0.15, 0.2) is 6.29 Å². The lowest BCUT2D eigenvalue weighted by Gasteiger charge is -2.31. The van der Waals surface area contributed by atoms with Crippen molar-refractivity contribution >= 4 is 20.2 Å². The van der Waals surface area contributed by atoms with E-state index < -0.39 is 45.3 Å². The van der Waals surface area contributed by atoms with Crippen LogP contribution in [0.4, 0.5) is 0 Å². The summed E-state index contributed by atoms with van der Waals surface area (Å²) in [7, 11) is -8.21. The SMILES string of the molecule is CCO[C@@H]1C=C[C@H](OS(=O)(=O)c2ccc(C)cc2)[C@@H](COS(=O)(=O)c2ccc(C)cc2)O1. The van der Waals surface area contributed by atoms with Crippen LogP contribution in [0, 0.1) is 13.8 Å². The predicted molar refractivity (Wildman–Crippen MR) is 117 cm³/mol. The van der Waals surface area contributed by atoms with Crippen molar-refractivity contribution in [1.82, 2.24) is 0 Å². The summed E-state index contributed by atoms with van der Waals surface area (Å²) in [6, 6.07) is 12.4. The van der Waals surface area contributed by atoms with Gasteiger partial charge in [0.25, 0.3) is 20.2 Å². The van der Waals surface area contributed by atoms with Crippen molar-refractivity contribution in [1.29, 1.82) is 0 Å². The molecule has 0 aromatic heterocycles. The third-order valence-corrected chi connectivity index (χ3v) is 7.33. The largest absolute Gasteiger partial charge is 0.349 e. The highest BCUT2D eigenvalue weighted by molar-refractivity contribution is 7.87. The second-order valence-corrected chi connectivity index (χ2v) is 10.5. The Labute approximate surface area is 189 Å². The lowest BCUT2D eigenvalue weighted by atomic mass is 10.1. The molecule has 10 heteroatoms. The van der Waals surface area contributed by atoms with Gasteiger partial charge in [-0.25, -0.2) is 0 Å². The number of hydrogen-bond donors (Lipinski definition) is 0. The van der Waals surface area contributed by atoms with E-state index >= 15 is 0 Å². The molecule has 0 unspecified atom stereocenters. The van der Waals surface area contributed by atoms with Crippen LogP contribution in [-0.2, 0) is 38.1 Å². The minimum absolute atomic E-state index is 0.0134. The van der Waals surface area contributed by atoms with Gasteiger partial charge < -0.3 is 9.47 Å². The smallest absolute Gasteiger partial charge is 0.297 e. The maximum absolute atomic E-state index is 12.7. The predicted octanol–water partition coefficient (Wildman–Crippen LogP) is 3.10. The number of ether oxygens (including phenoxy) is 2. The fourth-order valence-electron chi connectivity index (χ4n) is 2.94. The Morgan fingerprint density at radius 3 is 1.88 bits per heavy atom. The highest BCUT2D eigenvalue weighted by Crippen LogP contribution is 2.24. The van der Waals surface area contributed by atoms with Gasteiger partial charge in [-0.15, -0.1) is 0 Å². The maximum atomic E-state index is 12.7. The maximum Gasteiger partial charge on any atom is 0.297 e. The van der Waals surface area contributed by atoms with Crippen molar-refractivity contribution in [2.24, 2.45) is 0 Å². The molecule has 3 atom stereocenters. The summed E-state index contributed by atoms with van der Waals surface area (Å²) in [4.78, 5) is -0.0315. The molecule has 0 aliphatic carbocycles. The van der Waals surface area contributed by atoms with Gasteiger partial charge in [-0.1, -0.05) is 41.5 Å². The van der Waals surface area contributed by atoms with Crippen molar-refractivity contribution in [2.75, 3.05) is 13.2 Å². The monoisotopic (exact) mass is 482 g/mol. The minimum atomic E-state index is -4.13. The lowest BCUT2D eigenvalue weighted by molar-refractivity contribution is -0.171. The van der Waals surface area contributed by atoms with Crippen molar-refractivity contribution < 1.29 is 34.7 Å². The van der Waals surface area contributed by atoms with Crippen LogP contribution in [0.25, 0.3) is 0 Å². The summed E-state index contributed by atoms with van der Waals surface area (Å²) < 4.78 is 72.2. The second kappa shape index (κ2) is 10.2.